The summed E-state index contributed by atoms with van der Waals surface area (Å²) in [7, 11) is 0. The fraction of sp³-hybridized carbons (Fsp3) is 0.280. The van der Waals surface area contributed by atoms with E-state index >= 15 is 0 Å². The van der Waals surface area contributed by atoms with Crippen LogP contribution >= 0.6 is 0 Å². The molecule has 1 aromatic carbocycles. The first-order valence-electron chi connectivity index (χ1n) is 11.1. The smallest absolute Gasteiger partial charge is 0.276 e. The average molecular weight is 425 g/mol. The second kappa shape index (κ2) is 7.44. The van der Waals surface area contributed by atoms with Crippen LogP contribution in [0.1, 0.15) is 65.1 Å². The summed E-state index contributed by atoms with van der Waals surface area (Å²) in [5, 5.41) is 15.2. The number of hydrogen-bond donors (Lipinski definition) is 2. The second-order valence-corrected chi connectivity index (χ2v) is 8.81. The Morgan fingerprint density at radius 3 is 2.50 bits per heavy atom. The molecule has 160 valence electrons. The molecule has 0 spiro atoms. The highest BCUT2D eigenvalue weighted by Crippen LogP contribution is 2.42. The summed E-state index contributed by atoms with van der Waals surface area (Å²) >= 11 is 0. The summed E-state index contributed by atoms with van der Waals surface area (Å²) < 4.78 is 1.84. The molecular formula is C25H24N6O. The molecule has 7 heteroatoms. The minimum atomic E-state index is -0.212. The molecule has 2 aliphatic rings. The highest BCUT2D eigenvalue weighted by Gasteiger charge is 2.31. The number of carbonyl (C=O) groups excluding carboxylic acids is 1. The van der Waals surface area contributed by atoms with E-state index in [0.717, 1.165) is 52.6 Å². The van der Waals surface area contributed by atoms with Gasteiger partial charge in [0.1, 0.15) is 0 Å². The van der Waals surface area contributed by atoms with Crippen molar-refractivity contribution < 1.29 is 4.79 Å². The lowest BCUT2D eigenvalue weighted by molar-refractivity contribution is 0.102. The first kappa shape index (κ1) is 19.0. The lowest BCUT2D eigenvalue weighted by Crippen LogP contribution is -2.13. The summed E-state index contributed by atoms with van der Waals surface area (Å²) in [4.78, 5) is 17.2. The van der Waals surface area contributed by atoms with Crippen LogP contribution in [-0.4, -0.2) is 30.9 Å². The van der Waals surface area contributed by atoms with E-state index in [4.69, 9.17) is 0 Å². The van der Waals surface area contributed by atoms with E-state index < -0.39 is 0 Å². The maximum Gasteiger partial charge on any atom is 0.276 e. The number of aryl methyl sites for hydroxylation is 1. The number of nitrogens with one attached hydrogen (secondary N) is 2. The molecule has 0 radical (unpaired) electrons. The highest BCUT2D eigenvalue weighted by molar-refractivity contribution is 6.03. The maximum absolute atomic E-state index is 13.0. The Labute approximate surface area is 185 Å². The first-order chi connectivity index (χ1) is 15.6. The number of carbonyl (C=O) groups is 1. The third-order valence-corrected chi connectivity index (χ3v) is 6.16. The molecule has 0 saturated heterocycles. The number of aromatic nitrogens is 5. The van der Waals surface area contributed by atoms with Crippen LogP contribution in [0, 0.1) is 6.92 Å². The quantitative estimate of drug-likeness (QED) is 0.457. The molecule has 0 unspecified atom stereocenters. The predicted molar refractivity (Wildman–Crippen MR) is 122 cm³/mol. The van der Waals surface area contributed by atoms with E-state index in [0.29, 0.717) is 17.5 Å². The van der Waals surface area contributed by atoms with Crippen molar-refractivity contribution in [3.63, 3.8) is 0 Å². The van der Waals surface area contributed by atoms with Gasteiger partial charge in [-0.05, 0) is 74.1 Å². The van der Waals surface area contributed by atoms with Crippen molar-refractivity contribution in [2.24, 2.45) is 0 Å². The number of anilines is 1. The molecule has 32 heavy (non-hydrogen) atoms. The van der Waals surface area contributed by atoms with Crippen molar-refractivity contribution in [3.8, 4) is 16.9 Å². The van der Waals surface area contributed by atoms with Crippen LogP contribution < -0.4 is 5.32 Å². The molecule has 6 rings (SSSR count). The molecule has 0 aliphatic heterocycles. The predicted octanol–water partition coefficient (Wildman–Crippen LogP) is 4.97. The van der Waals surface area contributed by atoms with Crippen molar-refractivity contribution in [1.82, 2.24) is 25.0 Å². The van der Waals surface area contributed by atoms with Crippen LogP contribution in [0.5, 0.6) is 0 Å². The van der Waals surface area contributed by atoms with Gasteiger partial charge in [0.15, 0.2) is 11.5 Å². The van der Waals surface area contributed by atoms with E-state index in [1.807, 2.05) is 54.1 Å². The summed E-state index contributed by atoms with van der Waals surface area (Å²) in [6.45, 7) is 1.98. The number of aromatic amines is 1. The number of hydrogen-bond acceptors (Lipinski definition) is 4. The van der Waals surface area contributed by atoms with Crippen LogP contribution in [0.3, 0.4) is 0 Å². The van der Waals surface area contributed by atoms with Gasteiger partial charge in [-0.25, -0.2) is 4.68 Å². The van der Waals surface area contributed by atoms with Crippen molar-refractivity contribution in [2.75, 3.05) is 5.32 Å². The van der Waals surface area contributed by atoms with Crippen LogP contribution in [0.25, 0.3) is 16.9 Å². The lowest BCUT2D eigenvalue weighted by atomic mass is 10.1. The van der Waals surface area contributed by atoms with Crippen molar-refractivity contribution in [3.05, 3.63) is 77.5 Å². The molecule has 7 nitrogen and oxygen atoms in total. The van der Waals surface area contributed by atoms with E-state index in [1.54, 1.807) is 6.20 Å². The zero-order chi connectivity index (χ0) is 21.7. The summed E-state index contributed by atoms with van der Waals surface area (Å²) in [5.41, 5.74) is 6.54. The zero-order valence-electron chi connectivity index (χ0n) is 17.9. The minimum absolute atomic E-state index is 0.212. The van der Waals surface area contributed by atoms with Gasteiger partial charge >= 0.3 is 0 Å². The Morgan fingerprint density at radius 1 is 1.00 bits per heavy atom. The monoisotopic (exact) mass is 424 g/mol. The molecule has 2 saturated carbocycles. The molecule has 3 aromatic heterocycles. The van der Waals surface area contributed by atoms with Crippen LogP contribution in [0.15, 0.2) is 54.7 Å². The van der Waals surface area contributed by atoms with Crippen LogP contribution in [0.2, 0.25) is 0 Å². The molecule has 2 N–H and O–H groups in total. The van der Waals surface area contributed by atoms with Gasteiger partial charge < -0.3 is 5.32 Å². The molecule has 1 amide bonds. The van der Waals surface area contributed by atoms with Crippen molar-refractivity contribution in [1.29, 1.82) is 0 Å². The van der Waals surface area contributed by atoms with Crippen molar-refractivity contribution >= 4 is 11.6 Å². The molecule has 4 aromatic rings. The fourth-order valence-electron chi connectivity index (χ4n) is 4.06. The van der Waals surface area contributed by atoms with Gasteiger partial charge in [0.25, 0.3) is 5.91 Å². The lowest BCUT2D eigenvalue weighted by Gasteiger charge is -2.06. The average Bonchev–Trinajstić information content (AvgIpc) is 3.74. The Hall–Kier alpha value is -3.74. The Morgan fingerprint density at radius 2 is 1.78 bits per heavy atom. The largest absolute Gasteiger partial charge is 0.321 e. The summed E-state index contributed by atoms with van der Waals surface area (Å²) in [6, 6.07) is 15.8. The number of pyridine rings is 1. The van der Waals surface area contributed by atoms with Gasteiger partial charge in [-0.2, -0.15) is 10.2 Å². The summed E-state index contributed by atoms with van der Waals surface area (Å²) in [5.74, 6) is 1.60. The number of amides is 1. The van der Waals surface area contributed by atoms with Crippen LogP contribution in [-0.2, 0) is 0 Å². The zero-order valence-corrected chi connectivity index (χ0v) is 17.9. The number of H-pyrrole nitrogens is 1. The highest BCUT2D eigenvalue weighted by atomic mass is 16.2. The summed E-state index contributed by atoms with van der Waals surface area (Å²) in [6.07, 6.45) is 6.49. The first-order valence-corrected chi connectivity index (χ1v) is 11.1. The van der Waals surface area contributed by atoms with Gasteiger partial charge in [-0.15, -0.1) is 0 Å². The van der Waals surface area contributed by atoms with Gasteiger partial charge in [0.2, 0.25) is 0 Å². The third kappa shape index (κ3) is 3.70. The normalized spacial score (nSPS) is 15.7. The number of rotatable bonds is 6. The fourth-order valence-corrected chi connectivity index (χ4v) is 4.06. The maximum atomic E-state index is 13.0. The van der Waals surface area contributed by atoms with Gasteiger partial charge in [-0.1, -0.05) is 12.1 Å². The van der Waals surface area contributed by atoms with E-state index in [2.05, 4.69) is 31.7 Å². The number of benzene rings is 1. The minimum Gasteiger partial charge on any atom is -0.321 e. The Kier molecular flexibility index (Phi) is 4.41. The topological polar surface area (TPSA) is 88.5 Å². The van der Waals surface area contributed by atoms with E-state index in [-0.39, 0.29) is 5.91 Å². The molecule has 3 heterocycles. The molecule has 0 bridgehead atoms. The molecule has 2 aliphatic carbocycles. The standard InChI is InChI=1S/C25H24N6O/c1-15-12-19(10-11-26-15)16-6-8-20(9-7-16)27-25(32)22-13-23(18-4-5-18)31(30-22)24-14-21(28-29-24)17-2-3-17/h6-14,17-18H,2-5H2,1H3,(H,27,32)(H,28,29). The van der Waals surface area contributed by atoms with Gasteiger partial charge in [-0.3, -0.25) is 14.9 Å². The van der Waals surface area contributed by atoms with Gasteiger partial charge in [0, 0.05) is 41.2 Å². The molecular weight excluding hydrogens is 400 g/mol. The van der Waals surface area contributed by atoms with Crippen molar-refractivity contribution in [2.45, 2.75) is 44.4 Å². The van der Waals surface area contributed by atoms with Crippen LogP contribution in [0.4, 0.5) is 5.69 Å². The Bertz CT molecular complexity index is 1290. The van der Waals surface area contributed by atoms with E-state index in [9.17, 15) is 4.79 Å². The van der Waals surface area contributed by atoms with E-state index in [1.165, 1.54) is 12.8 Å². The third-order valence-electron chi connectivity index (χ3n) is 6.16. The Balaban J connectivity index is 1.22. The number of nitrogens with zero attached hydrogens (tertiary/aromatic N) is 4. The second-order valence-electron chi connectivity index (χ2n) is 8.81. The molecule has 2 fully saturated rings. The SMILES string of the molecule is Cc1cc(-c2ccc(NC(=O)c3cc(C4CC4)n(-c4cc(C5CC5)[nH]n4)n3)cc2)ccn1. The van der Waals surface area contributed by atoms with Gasteiger partial charge in [0.05, 0.1) is 5.69 Å². The molecule has 0 atom stereocenters.